The Morgan fingerprint density at radius 3 is 1.25 bits per heavy atom. The van der Waals surface area contributed by atoms with Gasteiger partial charge in [-0.2, -0.15) is 0 Å². The predicted octanol–water partition coefficient (Wildman–Crippen LogP) is 5.76. The van der Waals surface area contributed by atoms with Crippen LogP contribution in [0.5, 0.6) is 0 Å². The maximum absolute atomic E-state index is 13.2. The zero-order valence-electron chi connectivity index (χ0n) is 19.0. The number of benzene rings is 4. The third kappa shape index (κ3) is 2.82. The molecule has 0 aliphatic heterocycles. The molecule has 2 aliphatic carbocycles. The molecule has 0 radical (unpaired) electrons. The number of carbonyl (C=O) groups is 2. The van der Waals surface area contributed by atoms with Gasteiger partial charge >= 0.3 is 0 Å². The molecule has 0 saturated heterocycles. The van der Waals surface area contributed by atoms with Crippen molar-refractivity contribution in [3.63, 3.8) is 0 Å². The lowest BCUT2D eigenvalue weighted by atomic mass is 9.72. The van der Waals surface area contributed by atoms with Gasteiger partial charge in [-0.3, -0.25) is 19.2 Å². The number of allylic oxidation sites excluding steroid dienone is 4. The summed E-state index contributed by atoms with van der Waals surface area (Å²) in [6.07, 6.45) is 7.23. The summed E-state index contributed by atoms with van der Waals surface area (Å²) in [5.41, 5.74) is 0.568. The van der Waals surface area contributed by atoms with E-state index in [4.69, 9.17) is 0 Å². The van der Waals surface area contributed by atoms with Crippen LogP contribution in [0.4, 0.5) is 0 Å². The second-order valence-electron chi connectivity index (χ2n) is 9.47. The summed E-state index contributed by atoms with van der Waals surface area (Å²) in [5, 5.41) is 4.87. The maximum Gasteiger partial charge on any atom is 0.194 e. The van der Waals surface area contributed by atoms with Crippen LogP contribution in [0.3, 0.4) is 0 Å². The van der Waals surface area contributed by atoms with Crippen molar-refractivity contribution in [1.82, 2.24) is 0 Å². The predicted molar refractivity (Wildman–Crippen MR) is 143 cm³/mol. The summed E-state index contributed by atoms with van der Waals surface area (Å²) < 4.78 is 0. The topological polar surface area (TPSA) is 68.3 Å². The highest BCUT2D eigenvalue weighted by Gasteiger charge is 2.39. The average Bonchev–Trinajstić information content (AvgIpc) is 2.91. The number of hydrogen-bond acceptors (Lipinski definition) is 4. The molecule has 5 aromatic rings. The Bertz CT molecular complexity index is 1890. The van der Waals surface area contributed by atoms with E-state index in [-0.39, 0.29) is 22.4 Å². The van der Waals surface area contributed by atoms with Gasteiger partial charge in [-0.1, -0.05) is 72.8 Å². The third-order valence-corrected chi connectivity index (χ3v) is 7.51. The molecule has 4 nitrogen and oxygen atoms in total. The molecule has 0 bridgehead atoms. The first-order valence-corrected chi connectivity index (χ1v) is 11.9. The minimum Gasteiger partial charge on any atom is -0.293 e. The second kappa shape index (κ2) is 7.40. The molecule has 0 saturated carbocycles. The van der Waals surface area contributed by atoms with Crippen LogP contribution < -0.4 is 10.9 Å². The van der Waals surface area contributed by atoms with Crippen molar-refractivity contribution in [1.29, 1.82) is 0 Å². The molecule has 1 unspecified atom stereocenters. The lowest BCUT2D eigenvalue weighted by molar-refractivity contribution is 0.0802. The number of carbonyl (C=O) groups excluding carboxylic acids is 2. The van der Waals surface area contributed by atoms with Gasteiger partial charge in [0.05, 0.1) is 11.8 Å². The highest BCUT2D eigenvalue weighted by molar-refractivity contribution is 6.19. The number of ketones is 2. The van der Waals surface area contributed by atoms with Crippen molar-refractivity contribution in [2.24, 2.45) is 11.8 Å². The minimum atomic E-state index is -0.459. The summed E-state index contributed by atoms with van der Waals surface area (Å²) in [6.45, 7) is 0. The summed E-state index contributed by atoms with van der Waals surface area (Å²) in [6, 6.07) is 21.6. The summed E-state index contributed by atoms with van der Waals surface area (Å²) in [5.74, 6) is -1.01. The van der Waals surface area contributed by atoms with E-state index in [1.165, 1.54) is 0 Å². The van der Waals surface area contributed by atoms with Gasteiger partial charge in [-0.05, 0) is 45.8 Å². The number of fused-ring (bicyclic) bond motifs is 6. The third-order valence-electron chi connectivity index (χ3n) is 7.51. The van der Waals surface area contributed by atoms with E-state index in [9.17, 15) is 19.2 Å². The minimum absolute atomic E-state index is 0.0466. The van der Waals surface area contributed by atoms with Gasteiger partial charge in [0, 0.05) is 32.7 Å². The highest BCUT2D eigenvalue weighted by atomic mass is 16.1. The van der Waals surface area contributed by atoms with E-state index in [0.717, 1.165) is 21.5 Å². The quantitative estimate of drug-likeness (QED) is 0.272. The summed E-state index contributed by atoms with van der Waals surface area (Å²) >= 11 is 0. The fraction of sp³-hybridized carbons (Fsp3) is 0.0625. The molecule has 2 aliphatic rings. The SMILES string of the molecule is O=C1c2cc3ccc4cc5c(=O)c6ccccc6c(=O)c5cc4ccc3cc2C(=O)[C@H]2C=CC=CC12. The van der Waals surface area contributed by atoms with Crippen LogP contribution in [-0.4, -0.2) is 11.6 Å². The standard InChI is InChI=1S/C32H18O4/c33-29-21-5-1-2-6-22(21)30(34)26-14-18-11-12-20-16-28-27(15-19(20)10-9-17(18)13-25(26)29)31(35)23-7-3-4-8-24(23)32(28)36/h1-16,21-22H/t21-,22?/m0/s1. The summed E-state index contributed by atoms with van der Waals surface area (Å²) in [4.78, 5) is 52.7. The Hall–Kier alpha value is -4.70. The molecule has 170 valence electrons. The van der Waals surface area contributed by atoms with Crippen molar-refractivity contribution >= 4 is 54.7 Å². The Balaban J connectivity index is 1.51. The van der Waals surface area contributed by atoms with Crippen LogP contribution >= 0.6 is 0 Å². The van der Waals surface area contributed by atoms with Crippen LogP contribution in [0.25, 0.3) is 43.1 Å². The molecule has 0 amide bonds. The van der Waals surface area contributed by atoms with E-state index in [1.807, 2.05) is 36.4 Å². The first-order chi connectivity index (χ1) is 17.5. The zero-order chi connectivity index (χ0) is 24.6. The molecule has 0 heterocycles. The summed E-state index contributed by atoms with van der Waals surface area (Å²) in [7, 11) is 0. The Morgan fingerprint density at radius 1 is 0.444 bits per heavy atom. The van der Waals surface area contributed by atoms with Crippen LogP contribution in [0, 0.1) is 11.8 Å². The molecule has 0 aromatic heterocycles. The van der Waals surface area contributed by atoms with Crippen molar-refractivity contribution in [3.8, 4) is 0 Å². The molecule has 0 N–H and O–H groups in total. The maximum atomic E-state index is 13.2. The van der Waals surface area contributed by atoms with Gasteiger partial charge in [0.25, 0.3) is 0 Å². The normalized spacial score (nSPS) is 18.7. The second-order valence-corrected chi connectivity index (χ2v) is 9.47. The van der Waals surface area contributed by atoms with Gasteiger partial charge in [0.1, 0.15) is 0 Å². The van der Waals surface area contributed by atoms with Gasteiger partial charge in [0.15, 0.2) is 22.4 Å². The highest BCUT2D eigenvalue weighted by Crippen LogP contribution is 2.36. The molecular weight excluding hydrogens is 448 g/mol. The lowest BCUT2D eigenvalue weighted by Crippen LogP contribution is -2.35. The van der Waals surface area contributed by atoms with E-state index in [2.05, 4.69) is 0 Å². The monoisotopic (exact) mass is 466 g/mol. The number of rotatable bonds is 0. The fourth-order valence-electron chi connectivity index (χ4n) is 5.62. The molecule has 0 fully saturated rings. The van der Waals surface area contributed by atoms with Crippen molar-refractivity contribution in [2.45, 2.75) is 0 Å². The molecule has 4 heteroatoms. The van der Waals surface area contributed by atoms with Crippen molar-refractivity contribution in [2.75, 3.05) is 0 Å². The van der Waals surface area contributed by atoms with E-state index < -0.39 is 11.8 Å². The molecule has 2 atom stereocenters. The lowest BCUT2D eigenvalue weighted by Gasteiger charge is -2.28. The van der Waals surface area contributed by atoms with E-state index >= 15 is 0 Å². The Labute approximate surface area is 204 Å². The van der Waals surface area contributed by atoms with Crippen LogP contribution in [0.2, 0.25) is 0 Å². The fourth-order valence-corrected chi connectivity index (χ4v) is 5.62. The molecule has 7 rings (SSSR count). The molecule has 5 aromatic carbocycles. The smallest absolute Gasteiger partial charge is 0.194 e. The van der Waals surface area contributed by atoms with Gasteiger partial charge in [-0.25, -0.2) is 0 Å². The van der Waals surface area contributed by atoms with E-state index in [1.54, 1.807) is 60.7 Å². The molecule has 36 heavy (non-hydrogen) atoms. The largest absolute Gasteiger partial charge is 0.293 e. The van der Waals surface area contributed by atoms with Crippen LogP contribution in [0.15, 0.2) is 107 Å². The van der Waals surface area contributed by atoms with Crippen molar-refractivity contribution in [3.05, 3.63) is 129 Å². The average molecular weight is 466 g/mol. The van der Waals surface area contributed by atoms with Gasteiger partial charge < -0.3 is 0 Å². The first kappa shape index (κ1) is 20.7. The van der Waals surface area contributed by atoms with Crippen molar-refractivity contribution < 1.29 is 9.59 Å². The zero-order valence-corrected chi connectivity index (χ0v) is 19.0. The number of Topliss-reactive ketones (excluding diaryl/α,β-unsaturated/α-hetero) is 2. The van der Waals surface area contributed by atoms with E-state index in [0.29, 0.717) is 32.7 Å². The van der Waals surface area contributed by atoms with Crippen LogP contribution in [0.1, 0.15) is 20.7 Å². The Morgan fingerprint density at radius 2 is 0.833 bits per heavy atom. The number of hydrogen-bond donors (Lipinski definition) is 0. The molecule has 0 spiro atoms. The van der Waals surface area contributed by atoms with Gasteiger partial charge in [0.2, 0.25) is 0 Å². The van der Waals surface area contributed by atoms with Crippen LogP contribution in [-0.2, 0) is 0 Å². The first-order valence-electron chi connectivity index (χ1n) is 11.9. The molecular formula is C32H18O4. The van der Waals surface area contributed by atoms with Gasteiger partial charge in [-0.15, -0.1) is 0 Å². The Kier molecular flexibility index (Phi) is 4.24.